The van der Waals surface area contributed by atoms with Crippen molar-refractivity contribution in [3.8, 4) is 0 Å². The van der Waals surface area contributed by atoms with Crippen LogP contribution in [0.25, 0.3) is 0 Å². The van der Waals surface area contributed by atoms with Gasteiger partial charge in [-0.25, -0.2) is 0 Å². The molecule has 0 aliphatic heterocycles. The molecule has 0 spiro atoms. The van der Waals surface area contributed by atoms with Crippen molar-refractivity contribution in [2.75, 3.05) is 0 Å². The van der Waals surface area contributed by atoms with Crippen LogP contribution in [0.4, 0.5) is 0 Å². The van der Waals surface area contributed by atoms with E-state index >= 15 is 0 Å². The molecule has 0 aromatic carbocycles. The normalized spacial score (nSPS) is 48.7. The van der Waals surface area contributed by atoms with Crippen molar-refractivity contribution in [2.45, 2.75) is 72.6 Å². The van der Waals surface area contributed by atoms with Crippen LogP contribution in [-0.4, -0.2) is 5.78 Å². The first-order chi connectivity index (χ1) is 8.91. The summed E-state index contributed by atoms with van der Waals surface area (Å²) < 4.78 is 0. The molecule has 3 fully saturated rings. The van der Waals surface area contributed by atoms with Crippen molar-refractivity contribution in [1.82, 2.24) is 0 Å². The number of fused-ring (bicyclic) bond motifs is 2. The molecule has 19 heavy (non-hydrogen) atoms. The Morgan fingerprint density at radius 2 is 1.89 bits per heavy atom. The van der Waals surface area contributed by atoms with Crippen molar-refractivity contribution >= 4 is 5.78 Å². The molecule has 3 aliphatic rings. The van der Waals surface area contributed by atoms with Crippen LogP contribution in [0.3, 0.4) is 0 Å². The molecule has 0 heterocycles. The van der Waals surface area contributed by atoms with Gasteiger partial charge in [-0.05, 0) is 61.2 Å². The Hall–Kier alpha value is -0.330. The molecule has 108 valence electrons. The van der Waals surface area contributed by atoms with Crippen LogP contribution in [0.15, 0.2) is 0 Å². The van der Waals surface area contributed by atoms with Crippen LogP contribution in [0.1, 0.15) is 72.6 Å². The van der Waals surface area contributed by atoms with E-state index in [0.29, 0.717) is 34.4 Å². The lowest BCUT2D eigenvalue weighted by atomic mass is 9.60. The number of carbonyl (C=O) groups excluding carboxylic acids is 1. The lowest BCUT2D eigenvalue weighted by molar-refractivity contribution is -0.133. The first-order valence-corrected chi connectivity index (χ1v) is 8.45. The first-order valence-electron chi connectivity index (χ1n) is 8.45. The zero-order chi connectivity index (χ0) is 13.8. The van der Waals surface area contributed by atoms with Crippen molar-refractivity contribution < 1.29 is 4.79 Å². The number of rotatable bonds is 2. The van der Waals surface area contributed by atoms with Gasteiger partial charge in [-0.1, -0.05) is 34.1 Å². The lowest BCUT2D eigenvalue weighted by Crippen LogP contribution is -2.41. The van der Waals surface area contributed by atoms with Crippen molar-refractivity contribution in [2.24, 2.45) is 34.5 Å². The Morgan fingerprint density at radius 1 is 1.16 bits per heavy atom. The Morgan fingerprint density at radius 3 is 2.42 bits per heavy atom. The van der Waals surface area contributed by atoms with E-state index in [9.17, 15) is 4.79 Å². The molecule has 0 saturated heterocycles. The maximum atomic E-state index is 12.8. The van der Waals surface area contributed by atoms with Gasteiger partial charge in [0.05, 0.1) is 0 Å². The number of Topliss-reactive ketones (excluding diaryl/α,β-unsaturated/α-hetero) is 1. The fourth-order valence-electron chi connectivity index (χ4n) is 5.85. The summed E-state index contributed by atoms with van der Waals surface area (Å²) in [7, 11) is 0. The third-order valence-corrected chi connectivity index (χ3v) is 7.68. The van der Waals surface area contributed by atoms with Crippen molar-refractivity contribution in [1.29, 1.82) is 0 Å². The van der Waals surface area contributed by atoms with Gasteiger partial charge in [-0.3, -0.25) is 4.79 Å². The monoisotopic (exact) mass is 262 g/mol. The highest BCUT2D eigenvalue weighted by Gasteiger charge is 2.63. The third kappa shape index (κ3) is 1.69. The van der Waals surface area contributed by atoms with E-state index in [1.54, 1.807) is 0 Å². The zero-order valence-electron chi connectivity index (χ0n) is 13.2. The maximum Gasteiger partial charge on any atom is 0.139 e. The van der Waals surface area contributed by atoms with E-state index in [4.69, 9.17) is 0 Å². The molecular formula is C18H30O. The Bertz CT molecular complexity index is 383. The summed E-state index contributed by atoms with van der Waals surface area (Å²) in [5.74, 6) is 2.96. The highest BCUT2D eigenvalue weighted by atomic mass is 16.1. The molecule has 0 aromatic heterocycles. The molecule has 3 aliphatic carbocycles. The second-order valence-electron chi connectivity index (χ2n) is 8.26. The number of hydrogen-bond donors (Lipinski definition) is 0. The second kappa shape index (κ2) is 4.33. The van der Waals surface area contributed by atoms with E-state index in [1.807, 2.05) is 0 Å². The average Bonchev–Trinajstić information content (AvgIpc) is 2.71. The van der Waals surface area contributed by atoms with Gasteiger partial charge in [-0.15, -0.1) is 0 Å². The molecule has 3 rings (SSSR count). The third-order valence-electron chi connectivity index (χ3n) is 7.68. The van der Waals surface area contributed by atoms with Crippen LogP contribution >= 0.6 is 0 Å². The largest absolute Gasteiger partial charge is 0.299 e. The highest BCUT2D eigenvalue weighted by molar-refractivity contribution is 5.84. The Labute approximate surface area is 118 Å². The molecule has 1 nitrogen and oxygen atoms in total. The van der Waals surface area contributed by atoms with Crippen LogP contribution in [0.5, 0.6) is 0 Å². The summed E-state index contributed by atoms with van der Waals surface area (Å²) in [6.45, 7) is 9.62. The summed E-state index contributed by atoms with van der Waals surface area (Å²) in [6.07, 6.45) is 8.77. The van der Waals surface area contributed by atoms with E-state index in [-0.39, 0.29) is 0 Å². The molecule has 2 bridgehead atoms. The van der Waals surface area contributed by atoms with Gasteiger partial charge in [0.25, 0.3) is 0 Å². The molecule has 1 heteroatoms. The minimum absolute atomic E-state index is 0.379. The topological polar surface area (TPSA) is 17.1 Å². The van der Waals surface area contributed by atoms with Gasteiger partial charge in [-0.2, -0.15) is 0 Å². The number of hydrogen-bond acceptors (Lipinski definition) is 1. The SMILES string of the molecule is CCC1CCCC([C@H]2C[C@@H]3CC[C@@]2(C)C3(C)C)C1=O. The molecule has 3 saturated carbocycles. The smallest absolute Gasteiger partial charge is 0.139 e. The molecule has 2 unspecified atom stereocenters. The average molecular weight is 262 g/mol. The summed E-state index contributed by atoms with van der Waals surface area (Å²) in [5, 5.41) is 0. The fraction of sp³-hybridized carbons (Fsp3) is 0.944. The van der Waals surface area contributed by atoms with E-state index in [1.165, 1.54) is 32.1 Å². The quantitative estimate of drug-likeness (QED) is 0.695. The Balaban J connectivity index is 1.86. The standard InChI is InChI=1S/C18H30O/c1-5-12-7-6-8-14(16(12)19)15-11-13-9-10-18(15,4)17(13,2)3/h12-15H,5-11H2,1-4H3/t12?,13-,14?,15+,18+/m0/s1. The van der Waals surface area contributed by atoms with Gasteiger partial charge < -0.3 is 0 Å². The lowest BCUT2D eigenvalue weighted by Gasteiger charge is -2.44. The van der Waals surface area contributed by atoms with Crippen LogP contribution in [-0.2, 0) is 4.79 Å². The van der Waals surface area contributed by atoms with Gasteiger partial charge >= 0.3 is 0 Å². The summed E-state index contributed by atoms with van der Waals surface area (Å²) in [4.78, 5) is 12.8. The predicted molar refractivity (Wildman–Crippen MR) is 78.8 cm³/mol. The summed E-state index contributed by atoms with van der Waals surface area (Å²) >= 11 is 0. The molecular weight excluding hydrogens is 232 g/mol. The van der Waals surface area contributed by atoms with Gasteiger partial charge in [0.15, 0.2) is 0 Å². The van der Waals surface area contributed by atoms with Gasteiger partial charge in [0.1, 0.15) is 5.78 Å². The van der Waals surface area contributed by atoms with E-state index in [0.717, 1.165) is 18.8 Å². The van der Waals surface area contributed by atoms with Gasteiger partial charge in [0.2, 0.25) is 0 Å². The summed E-state index contributed by atoms with van der Waals surface area (Å²) in [5.41, 5.74) is 0.880. The number of carbonyl (C=O) groups is 1. The van der Waals surface area contributed by atoms with Gasteiger partial charge in [0, 0.05) is 11.8 Å². The van der Waals surface area contributed by atoms with Crippen LogP contribution in [0, 0.1) is 34.5 Å². The Kier molecular flexibility index (Phi) is 3.11. The first kappa shape index (κ1) is 13.6. The molecule has 0 radical (unpaired) electrons. The van der Waals surface area contributed by atoms with E-state index in [2.05, 4.69) is 27.7 Å². The molecule has 0 N–H and O–H groups in total. The molecule has 0 amide bonds. The van der Waals surface area contributed by atoms with Crippen LogP contribution in [0.2, 0.25) is 0 Å². The highest BCUT2D eigenvalue weighted by Crippen LogP contribution is 2.70. The second-order valence-corrected chi connectivity index (χ2v) is 8.26. The van der Waals surface area contributed by atoms with Crippen molar-refractivity contribution in [3.05, 3.63) is 0 Å². The van der Waals surface area contributed by atoms with Crippen molar-refractivity contribution in [3.63, 3.8) is 0 Å². The van der Waals surface area contributed by atoms with E-state index < -0.39 is 0 Å². The maximum absolute atomic E-state index is 12.8. The molecule has 5 atom stereocenters. The minimum atomic E-state index is 0.379. The fourth-order valence-corrected chi connectivity index (χ4v) is 5.85. The predicted octanol–water partition coefficient (Wildman–Crippen LogP) is 4.84. The minimum Gasteiger partial charge on any atom is -0.299 e. The van der Waals surface area contributed by atoms with Crippen LogP contribution < -0.4 is 0 Å². The number of ketones is 1. The molecule has 0 aromatic rings. The zero-order valence-corrected chi connectivity index (χ0v) is 13.2. The summed E-state index contributed by atoms with van der Waals surface area (Å²) in [6, 6.07) is 0.